The van der Waals surface area contributed by atoms with E-state index in [2.05, 4.69) is 5.10 Å². The molecule has 0 aliphatic carbocycles. The molecule has 3 aromatic rings. The van der Waals surface area contributed by atoms with E-state index in [1.54, 1.807) is 29.1 Å². The van der Waals surface area contributed by atoms with E-state index in [9.17, 15) is 4.39 Å². The number of aromatic nitrogens is 2. The molecule has 0 aliphatic rings. The molecule has 0 atom stereocenters. The van der Waals surface area contributed by atoms with Gasteiger partial charge in [-0.1, -0.05) is 0 Å². The number of anilines is 1. The normalized spacial score (nSPS) is 10.9. The van der Waals surface area contributed by atoms with Crippen LogP contribution in [0, 0.1) is 5.82 Å². The smallest absolute Gasteiger partial charge is 0.134 e. The highest BCUT2D eigenvalue weighted by molar-refractivity contribution is 5.91. The van der Waals surface area contributed by atoms with Gasteiger partial charge in [0.25, 0.3) is 0 Å². The molecule has 20 heavy (non-hydrogen) atoms. The van der Waals surface area contributed by atoms with Gasteiger partial charge >= 0.3 is 0 Å². The third-order valence-electron chi connectivity index (χ3n) is 3.38. The fourth-order valence-electron chi connectivity index (χ4n) is 2.29. The molecule has 0 amide bonds. The zero-order valence-electron chi connectivity index (χ0n) is 11.2. The molecule has 4 nitrogen and oxygen atoms in total. The molecule has 0 unspecified atom stereocenters. The Morgan fingerprint density at radius 3 is 2.70 bits per heavy atom. The minimum atomic E-state index is -0.363. The standard InChI is InChI=1S/C15H14FN3O/c1-19-15-7-12(14(17)5-9(15)8-18-19)11-4-3-10(20-2)6-13(11)16/h3-8H,17H2,1-2H3. The molecular formula is C15H14FN3O. The fraction of sp³-hybridized carbons (Fsp3) is 0.133. The summed E-state index contributed by atoms with van der Waals surface area (Å²) in [5.41, 5.74) is 8.57. The van der Waals surface area contributed by atoms with Crippen molar-refractivity contribution < 1.29 is 9.13 Å². The molecule has 2 aromatic carbocycles. The lowest BCUT2D eigenvalue weighted by atomic mass is 10.0. The second kappa shape index (κ2) is 4.52. The molecule has 0 spiro atoms. The van der Waals surface area contributed by atoms with E-state index in [1.807, 2.05) is 13.1 Å². The number of hydrogen-bond acceptors (Lipinski definition) is 3. The van der Waals surface area contributed by atoms with Gasteiger partial charge in [0.05, 0.1) is 18.8 Å². The molecule has 102 valence electrons. The fourth-order valence-corrected chi connectivity index (χ4v) is 2.29. The Hall–Kier alpha value is -2.56. The van der Waals surface area contributed by atoms with Crippen LogP contribution in [0.1, 0.15) is 0 Å². The Morgan fingerprint density at radius 1 is 1.20 bits per heavy atom. The Morgan fingerprint density at radius 2 is 2.00 bits per heavy atom. The number of ether oxygens (including phenoxy) is 1. The first-order valence-electron chi connectivity index (χ1n) is 6.15. The van der Waals surface area contributed by atoms with Gasteiger partial charge in [0.15, 0.2) is 0 Å². The number of nitrogens with zero attached hydrogens (tertiary/aromatic N) is 2. The summed E-state index contributed by atoms with van der Waals surface area (Å²) in [4.78, 5) is 0. The Balaban J connectivity index is 2.23. The van der Waals surface area contributed by atoms with Gasteiger partial charge in [0, 0.05) is 35.3 Å². The minimum absolute atomic E-state index is 0.363. The first-order valence-corrected chi connectivity index (χ1v) is 6.15. The van der Waals surface area contributed by atoms with Crippen molar-refractivity contribution in [3.63, 3.8) is 0 Å². The zero-order valence-corrected chi connectivity index (χ0v) is 11.2. The van der Waals surface area contributed by atoms with E-state index in [4.69, 9.17) is 10.5 Å². The third kappa shape index (κ3) is 1.87. The summed E-state index contributed by atoms with van der Waals surface area (Å²) >= 11 is 0. The second-order valence-electron chi connectivity index (χ2n) is 4.61. The first kappa shape index (κ1) is 12.5. The number of nitrogens with two attached hydrogens (primary N) is 1. The third-order valence-corrected chi connectivity index (χ3v) is 3.38. The van der Waals surface area contributed by atoms with Crippen molar-refractivity contribution in [2.24, 2.45) is 7.05 Å². The SMILES string of the molecule is COc1ccc(-c2cc3c(cnn3C)cc2N)c(F)c1. The van der Waals surface area contributed by atoms with E-state index in [0.29, 0.717) is 22.6 Å². The molecule has 0 bridgehead atoms. The Kier molecular flexibility index (Phi) is 2.82. The Bertz CT molecular complexity index is 795. The van der Waals surface area contributed by atoms with Gasteiger partial charge in [-0.3, -0.25) is 4.68 Å². The van der Waals surface area contributed by atoms with Crippen molar-refractivity contribution >= 4 is 16.6 Å². The largest absolute Gasteiger partial charge is 0.497 e. The summed E-state index contributed by atoms with van der Waals surface area (Å²) in [6, 6.07) is 8.39. The van der Waals surface area contributed by atoms with Crippen LogP contribution >= 0.6 is 0 Å². The van der Waals surface area contributed by atoms with Crippen molar-refractivity contribution in [1.29, 1.82) is 0 Å². The lowest BCUT2D eigenvalue weighted by molar-refractivity contribution is 0.411. The molecule has 1 heterocycles. The van der Waals surface area contributed by atoms with Crippen LogP contribution in [0.2, 0.25) is 0 Å². The molecular weight excluding hydrogens is 257 g/mol. The van der Waals surface area contributed by atoms with Crippen molar-refractivity contribution in [3.8, 4) is 16.9 Å². The Labute approximate surface area is 115 Å². The van der Waals surface area contributed by atoms with Crippen molar-refractivity contribution in [1.82, 2.24) is 9.78 Å². The highest BCUT2D eigenvalue weighted by Crippen LogP contribution is 2.33. The number of hydrogen-bond donors (Lipinski definition) is 1. The number of aryl methyl sites for hydroxylation is 1. The molecule has 0 aliphatic heterocycles. The topological polar surface area (TPSA) is 53.1 Å². The maximum atomic E-state index is 14.2. The van der Waals surface area contributed by atoms with E-state index < -0.39 is 0 Å². The maximum absolute atomic E-state index is 14.2. The summed E-state index contributed by atoms with van der Waals surface area (Å²) in [5, 5.41) is 5.10. The zero-order chi connectivity index (χ0) is 14.3. The van der Waals surface area contributed by atoms with Crippen LogP contribution in [0.5, 0.6) is 5.75 Å². The number of methoxy groups -OCH3 is 1. The monoisotopic (exact) mass is 271 g/mol. The molecule has 5 heteroatoms. The van der Waals surface area contributed by atoms with Gasteiger partial charge in [-0.25, -0.2) is 4.39 Å². The van der Waals surface area contributed by atoms with Gasteiger partial charge in [-0.05, 0) is 24.3 Å². The molecule has 0 saturated heterocycles. The molecule has 0 radical (unpaired) electrons. The second-order valence-corrected chi connectivity index (χ2v) is 4.61. The summed E-state index contributed by atoms with van der Waals surface area (Å²) in [7, 11) is 3.34. The quantitative estimate of drug-likeness (QED) is 0.729. The predicted octanol–water partition coefficient (Wildman–Crippen LogP) is 2.97. The predicted molar refractivity (Wildman–Crippen MR) is 77.1 cm³/mol. The van der Waals surface area contributed by atoms with Crippen LogP contribution in [0.4, 0.5) is 10.1 Å². The van der Waals surface area contributed by atoms with E-state index in [0.717, 1.165) is 10.9 Å². The summed E-state index contributed by atoms with van der Waals surface area (Å²) in [6.07, 6.45) is 1.74. The highest BCUT2D eigenvalue weighted by atomic mass is 19.1. The van der Waals surface area contributed by atoms with Crippen LogP contribution in [-0.4, -0.2) is 16.9 Å². The van der Waals surface area contributed by atoms with Gasteiger partial charge in [0.1, 0.15) is 11.6 Å². The van der Waals surface area contributed by atoms with Gasteiger partial charge in [-0.2, -0.15) is 5.10 Å². The lowest BCUT2D eigenvalue weighted by Crippen LogP contribution is -1.95. The van der Waals surface area contributed by atoms with E-state index in [1.165, 1.54) is 13.2 Å². The van der Waals surface area contributed by atoms with Crippen molar-refractivity contribution in [3.05, 3.63) is 42.3 Å². The molecule has 0 fully saturated rings. The van der Waals surface area contributed by atoms with Crippen LogP contribution in [0.3, 0.4) is 0 Å². The molecule has 2 N–H and O–H groups in total. The van der Waals surface area contributed by atoms with Gasteiger partial charge in [0.2, 0.25) is 0 Å². The van der Waals surface area contributed by atoms with E-state index in [-0.39, 0.29) is 5.82 Å². The van der Waals surface area contributed by atoms with Crippen LogP contribution in [-0.2, 0) is 7.05 Å². The van der Waals surface area contributed by atoms with Crippen molar-refractivity contribution in [2.45, 2.75) is 0 Å². The molecule has 3 rings (SSSR count). The van der Waals surface area contributed by atoms with Gasteiger partial charge in [-0.15, -0.1) is 0 Å². The van der Waals surface area contributed by atoms with E-state index >= 15 is 0 Å². The van der Waals surface area contributed by atoms with Crippen LogP contribution < -0.4 is 10.5 Å². The lowest BCUT2D eigenvalue weighted by Gasteiger charge is -2.09. The number of fused-ring (bicyclic) bond motifs is 1. The molecule has 1 aromatic heterocycles. The summed E-state index contributed by atoms with van der Waals surface area (Å²) < 4.78 is 20.9. The van der Waals surface area contributed by atoms with Gasteiger partial charge < -0.3 is 10.5 Å². The maximum Gasteiger partial charge on any atom is 0.134 e. The number of rotatable bonds is 2. The average Bonchev–Trinajstić information content (AvgIpc) is 2.79. The number of benzene rings is 2. The number of halogens is 1. The highest BCUT2D eigenvalue weighted by Gasteiger charge is 2.12. The number of nitrogen functional groups attached to an aromatic ring is 1. The minimum Gasteiger partial charge on any atom is -0.497 e. The van der Waals surface area contributed by atoms with Crippen LogP contribution in [0.25, 0.3) is 22.0 Å². The van der Waals surface area contributed by atoms with Crippen molar-refractivity contribution in [2.75, 3.05) is 12.8 Å². The average molecular weight is 271 g/mol. The first-order chi connectivity index (χ1) is 9.60. The summed E-state index contributed by atoms with van der Waals surface area (Å²) in [5.74, 6) is 0.115. The van der Waals surface area contributed by atoms with Crippen LogP contribution in [0.15, 0.2) is 36.5 Å². The molecule has 0 saturated carbocycles. The summed E-state index contributed by atoms with van der Waals surface area (Å²) in [6.45, 7) is 0.